The lowest BCUT2D eigenvalue weighted by Crippen LogP contribution is -2.41. The van der Waals surface area contributed by atoms with E-state index in [0.717, 1.165) is 31.0 Å². The fourth-order valence-corrected chi connectivity index (χ4v) is 3.60. The van der Waals surface area contributed by atoms with Gasteiger partial charge in [0, 0.05) is 6.04 Å². The molecule has 3 aliphatic rings. The lowest BCUT2D eigenvalue weighted by molar-refractivity contribution is 0.147. The van der Waals surface area contributed by atoms with E-state index in [2.05, 4.69) is 10.3 Å². The Balaban J connectivity index is 1.54. The maximum Gasteiger partial charge on any atom is 0.285 e. The minimum absolute atomic E-state index is 0.621. The van der Waals surface area contributed by atoms with E-state index in [-0.39, 0.29) is 0 Å². The second-order valence-corrected chi connectivity index (χ2v) is 5.49. The van der Waals surface area contributed by atoms with Gasteiger partial charge in [-0.2, -0.15) is 0 Å². The van der Waals surface area contributed by atoms with Crippen LogP contribution in [0.5, 0.6) is 0 Å². The summed E-state index contributed by atoms with van der Waals surface area (Å²) >= 11 is 0. The fourth-order valence-electron chi connectivity index (χ4n) is 3.60. The Labute approximate surface area is 97.7 Å². The number of hydrogen-bond acceptors (Lipinski definition) is 3. The van der Waals surface area contributed by atoms with Gasteiger partial charge in [-0.05, 0) is 31.1 Å². The highest BCUT2D eigenvalue weighted by atomic mass is 16.5. The molecule has 1 aliphatic heterocycles. The number of nitrogens with one attached hydrogen (secondary N) is 1. The van der Waals surface area contributed by atoms with Gasteiger partial charge in [0.25, 0.3) is 6.02 Å². The van der Waals surface area contributed by atoms with E-state index in [1.807, 2.05) is 0 Å². The molecular weight excluding hydrogens is 200 g/mol. The van der Waals surface area contributed by atoms with Gasteiger partial charge in [0.1, 0.15) is 6.61 Å². The molecule has 0 saturated heterocycles. The molecule has 3 rings (SSSR count). The number of nitrogens with zero attached hydrogens (tertiary/aromatic N) is 1. The van der Waals surface area contributed by atoms with Crippen LogP contribution in [0.15, 0.2) is 4.99 Å². The topological polar surface area (TPSA) is 33.6 Å². The molecule has 3 atom stereocenters. The summed E-state index contributed by atoms with van der Waals surface area (Å²) in [7, 11) is 0. The molecule has 2 aliphatic carbocycles. The van der Waals surface area contributed by atoms with Crippen molar-refractivity contribution in [2.45, 2.75) is 51.0 Å². The van der Waals surface area contributed by atoms with Crippen LogP contribution in [-0.2, 0) is 4.74 Å². The van der Waals surface area contributed by atoms with Gasteiger partial charge in [0.15, 0.2) is 0 Å². The summed E-state index contributed by atoms with van der Waals surface area (Å²) in [4.78, 5) is 4.32. The predicted octanol–water partition coefficient (Wildman–Crippen LogP) is 2.32. The van der Waals surface area contributed by atoms with Crippen LogP contribution in [0.1, 0.15) is 44.9 Å². The molecule has 0 aromatic carbocycles. The molecule has 3 nitrogen and oxygen atoms in total. The van der Waals surface area contributed by atoms with E-state index in [9.17, 15) is 0 Å². The van der Waals surface area contributed by atoms with Crippen molar-refractivity contribution in [3.8, 4) is 0 Å². The highest BCUT2D eigenvalue weighted by molar-refractivity contribution is 5.75. The Bertz CT molecular complexity index is 277. The molecule has 90 valence electrons. The summed E-state index contributed by atoms with van der Waals surface area (Å²) in [5, 5.41) is 3.48. The maximum absolute atomic E-state index is 5.43. The van der Waals surface area contributed by atoms with Crippen LogP contribution in [0, 0.1) is 11.8 Å². The van der Waals surface area contributed by atoms with Crippen molar-refractivity contribution in [2.24, 2.45) is 16.8 Å². The molecule has 3 heteroatoms. The van der Waals surface area contributed by atoms with Crippen LogP contribution in [-0.4, -0.2) is 25.2 Å². The molecule has 2 saturated carbocycles. The minimum atomic E-state index is 0.621. The van der Waals surface area contributed by atoms with Crippen LogP contribution in [0.3, 0.4) is 0 Å². The average molecular weight is 222 g/mol. The summed E-state index contributed by atoms with van der Waals surface area (Å²) in [6, 6.07) is 1.43. The Morgan fingerprint density at radius 1 is 1.06 bits per heavy atom. The Morgan fingerprint density at radius 3 is 2.75 bits per heavy atom. The van der Waals surface area contributed by atoms with Gasteiger partial charge in [-0.1, -0.05) is 25.7 Å². The molecule has 16 heavy (non-hydrogen) atoms. The van der Waals surface area contributed by atoms with Crippen LogP contribution in [0.25, 0.3) is 0 Å². The number of aliphatic imine (C=N–C) groups is 1. The normalized spacial score (nSPS) is 38.5. The van der Waals surface area contributed by atoms with Crippen molar-refractivity contribution in [3.05, 3.63) is 0 Å². The smallest absolute Gasteiger partial charge is 0.285 e. The molecule has 0 amide bonds. The van der Waals surface area contributed by atoms with E-state index >= 15 is 0 Å². The first-order valence-corrected chi connectivity index (χ1v) is 6.85. The standard InChI is InChI=1S/C13H22N2O/c1-2-4-11-9-12(6-5-10(11)3-1)15-13-14-7-8-16-13/h10-12H,1-9H2,(H,14,15)/t10-,11-,12+/m0/s1. The molecule has 1 heterocycles. The fraction of sp³-hybridized carbons (Fsp3) is 0.923. The molecule has 0 radical (unpaired) electrons. The first kappa shape index (κ1) is 10.4. The van der Waals surface area contributed by atoms with Crippen LogP contribution in [0.2, 0.25) is 0 Å². The van der Waals surface area contributed by atoms with Crippen molar-refractivity contribution < 1.29 is 4.74 Å². The zero-order chi connectivity index (χ0) is 10.8. The highest BCUT2D eigenvalue weighted by Gasteiger charge is 2.32. The zero-order valence-electron chi connectivity index (χ0n) is 9.95. The molecule has 0 aromatic heterocycles. The van der Waals surface area contributed by atoms with Crippen molar-refractivity contribution >= 4 is 6.02 Å². The third-order valence-corrected chi connectivity index (χ3v) is 4.45. The Kier molecular flexibility index (Phi) is 3.02. The van der Waals surface area contributed by atoms with Gasteiger partial charge in [-0.25, -0.2) is 4.99 Å². The second kappa shape index (κ2) is 4.64. The van der Waals surface area contributed by atoms with Gasteiger partial charge in [-0.15, -0.1) is 0 Å². The third kappa shape index (κ3) is 2.18. The van der Waals surface area contributed by atoms with E-state index in [1.54, 1.807) is 0 Å². The summed E-state index contributed by atoms with van der Waals surface area (Å²) in [6.45, 7) is 1.60. The van der Waals surface area contributed by atoms with Crippen LogP contribution >= 0.6 is 0 Å². The lowest BCUT2D eigenvalue weighted by Gasteiger charge is -2.39. The van der Waals surface area contributed by atoms with Gasteiger partial charge < -0.3 is 10.1 Å². The lowest BCUT2D eigenvalue weighted by atomic mass is 9.69. The largest absolute Gasteiger partial charge is 0.463 e. The first-order valence-electron chi connectivity index (χ1n) is 6.85. The maximum atomic E-state index is 5.43. The van der Waals surface area contributed by atoms with Crippen LogP contribution < -0.4 is 5.32 Å². The van der Waals surface area contributed by atoms with Crippen LogP contribution in [0.4, 0.5) is 0 Å². The van der Waals surface area contributed by atoms with Crippen molar-refractivity contribution in [3.63, 3.8) is 0 Å². The molecule has 0 spiro atoms. The highest BCUT2D eigenvalue weighted by Crippen LogP contribution is 2.40. The Hall–Kier alpha value is -0.730. The molecule has 0 aromatic rings. The monoisotopic (exact) mass is 222 g/mol. The average Bonchev–Trinajstić information content (AvgIpc) is 2.82. The zero-order valence-corrected chi connectivity index (χ0v) is 9.95. The summed E-state index contributed by atoms with van der Waals surface area (Å²) in [6.07, 6.45) is 9.91. The first-order chi connectivity index (χ1) is 7.92. The minimum Gasteiger partial charge on any atom is -0.463 e. The quantitative estimate of drug-likeness (QED) is 0.738. The molecule has 2 fully saturated rings. The van der Waals surface area contributed by atoms with E-state index in [4.69, 9.17) is 4.74 Å². The number of hydrogen-bond donors (Lipinski definition) is 1. The van der Waals surface area contributed by atoms with Crippen molar-refractivity contribution in [1.82, 2.24) is 5.32 Å². The van der Waals surface area contributed by atoms with Gasteiger partial charge in [0.05, 0.1) is 6.54 Å². The van der Waals surface area contributed by atoms with Crippen molar-refractivity contribution in [2.75, 3.05) is 13.2 Å². The molecule has 1 N–H and O–H groups in total. The molecule has 0 unspecified atom stereocenters. The predicted molar refractivity (Wildman–Crippen MR) is 64.5 cm³/mol. The van der Waals surface area contributed by atoms with Gasteiger partial charge >= 0.3 is 0 Å². The van der Waals surface area contributed by atoms with E-state index in [1.165, 1.54) is 44.9 Å². The van der Waals surface area contributed by atoms with Gasteiger partial charge in [-0.3, -0.25) is 0 Å². The number of ether oxygens (including phenoxy) is 1. The van der Waals surface area contributed by atoms with E-state index in [0.29, 0.717) is 6.04 Å². The molecule has 0 bridgehead atoms. The number of amidine groups is 1. The third-order valence-electron chi connectivity index (χ3n) is 4.45. The Morgan fingerprint density at radius 2 is 1.94 bits per heavy atom. The summed E-state index contributed by atoms with van der Waals surface area (Å²) in [5.41, 5.74) is 0. The molecular formula is C13H22N2O. The SMILES string of the molecule is C1CC[C@H]2C[C@H](NC3=NCCO3)CC[C@@H]2C1. The number of fused-ring (bicyclic) bond motifs is 1. The number of rotatable bonds is 1. The summed E-state index contributed by atoms with van der Waals surface area (Å²) < 4.78 is 5.43. The van der Waals surface area contributed by atoms with Gasteiger partial charge in [0.2, 0.25) is 0 Å². The summed E-state index contributed by atoms with van der Waals surface area (Å²) in [5.74, 6) is 2.00. The van der Waals surface area contributed by atoms with E-state index < -0.39 is 0 Å². The second-order valence-electron chi connectivity index (χ2n) is 5.49. The van der Waals surface area contributed by atoms with Crippen molar-refractivity contribution in [1.29, 1.82) is 0 Å².